The van der Waals surface area contributed by atoms with Crippen LogP contribution in [-0.4, -0.2) is 51.4 Å². The van der Waals surface area contributed by atoms with Gasteiger partial charge >= 0.3 is 0 Å². The SMILES string of the molecule is CCOc1ccccc1N(CC(=O)N(Cc1ccc(F)cc1)C(C)C(=O)NC)S(=O)(=O)c1ccccc1. The number of ether oxygens (including phenoxy) is 1. The van der Waals surface area contributed by atoms with Gasteiger partial charge in [0.05, 0.1) is 17.2 Å². The summed E-state index contributed by atoms with van der Waals surface area (Å²) < 4.78 is 47.7. The van der Waals surface area contributed by atoms with Crippen LogP contribution in [0.4, 0.5) is 10.1 Å². The predicted octanol–water partition coefficient (Wildman–Crippen LogP) is 3.58. The highest BCUT2D eigenvalue weighted by molar-refractivity contribution is 7.92. The second-order valence-electron chi connectivity index (χ2n) is 8.16. The molecule has 3 aromatic rings. The number of carbonyl (C=O) groups is 2. The first-order valence-corrected chi connectivity index (χ1v) is 13.2. The van der Waals surface area contributed by atoms with Crippen molar-refractivity contribution in [3.63, 3.8) is 0 Å². The summed E-state index contributed by atoms with van der Waals surface area (Å²) in [6.07, 6.45) is 0. The number of hydrogen-bond donors (Lipinski definition) is 1. The lowest BCUT2D eigenvalue weighted by Crippen LogP contribution is -2.50. The first-order valence-electron chi connectivity index (χ1n) is 11.7. The van der Waals surface area contributed by atoms with E-state index in [2.05, 4.69) is 5.32 Å². The van der Waals surface area contributed by atoms with Gasteiger partial charge in [-0.15, -0.1) is 0 Å². The van der Waals surface area contributed by atoms with Gasteiger partial charge in [-0.05, 0) is 55.8 Å². The Labute approximate surface area is 216 Å². The van der Waals surface area contributed by atoms with Crippen LogP contribution in [0.5, 0.6) is 5.75 Å². The van der Waals surface area contributed by atoms with Crippen molar-refractivity contribution in [2.45, 2.75) is 31.3 Å². The van der Waals surface area contributed by atoms with Gasteiger partial charge in [0.1, 0.15) is 24.2 Å². The number of para-hydroxylation sites is 2. The smallest absolute Gasteiger partial charge is 0.264 e. The summed E-state index contributed by atoms with van der Waals surface area (Å²) in [5, 5.41) is 2.52. The fraction of sp³-hybridized carbons (Fsp3) is 0.259. The first-order chi connectivity index (χ1) is 17.7. The van der Waals surface area contributed by atoms with Crippen molar-refractivity contribution in [1.82, 2.24) is 10.2 Å². The Morgan fingerprint density at radius 2 is 1.59 bits per heavy atom. The van der Waals surface area contributed by atoms with Crippen molar-refractivity contribution in [2.24, 2.45) is 0 Å². The standard InChI is InChI=1S/C27H30FN3O5S/c1-4-36-25-13-9-8-12-24(25)31(37(34,35)23-10-6-5-7-11-23)19-26(32)30(20(2)27(33)29-3)18-21-14-16-22(28)17-15-21/h5-17,20H,4,18-19H2,1-3H3,(H,29,33). The van der Waals surface area contributed by atoms with Crippen molar-refractivity contribution in [3.8, 4) is 5.75 Å². The van der Waals surface area contributed by atoms with Crippen LogP contribution >= 0.6 is 0 Å². The minimum absolute atomic E-state index is 0.00136. The van der Waals surface area contributed by atoms with Gasteiger partial charge in [-0.1, -0.05) is 42.5 Å². The second-order valence-corrected chi connectivity index (χ2v) is 10.0. The maximum atomic E-state index is 13.8. The predicted molar refractivity (Wildman–Crippen MR) is 139 cm³/mol. The molecular weight excluding hydrogens is 497 g/mol. The number of carbonyl (C=O) groups excluding carboxylic acids is 2. The number of hydrogen-bond acceptors (Lipinski definition) is 5. The molecule has 0 saturated carbocycles. The molecule has 2 amide bonds. The molecule has 0 saturated heterocycles. The van der Waals surface area contributed by atoms with Gasteiger partial charge in [0, 0.05) is 13.6 Å². The Morgan fingerprint density at radius 1 is 0.973 bits per heavy atom. The third-order valence-electron chi connectivity index (χ3n) is 5.72. The van der Waals surface area contributed by atoms with E-state index in [0.29, 0.717) is 11.3 Å². The Bertz CT molecular complexity index is 1320. The first kappa shape index (κ1) is 27.7. The molecule has 3 aromatic carbocycles. The van der Waals surface area contributed by atoms with Gasteiger partial charge in [-0.2, -0.15) is 0 Å². The van der Waals surface area contributed by atoms with Crippen LogP contribution in [-0.2, 0) is 26.2 Å². The summed E-state index contributed by atoms with van der Waals surface area (Å²) in [5.41, 5.74) is 0.772. The molecule has 0 radical (unpaired) electrons. The summed E-state index contributed by atoms with van der Waals surface area (Å²) in [5.74, 6) is -1.19. The van der Waals surface area contributed by atoms with E-state index in [-0.39, 0.29) is 23.7 Å². The third kappa shape index (κ3) is 6.65. The average Bonchev–Trinajstić information content (AvgIpc) is 2.91. The van der Waals surface area contributed by atoms with E-state index in [1.807, 2.05) is 0 Å². The molecule has 0 heterocycles. The van der Waals surface area contributed by atoms with E-state index in [4.69, 9.17) is 4.74 Å². The summed E-state index contributed by atoms with van der Waals surface area (Å²) in [4.78, 5) is 27.5. The Hall–Kier alpha value is -3.92. The summed E-state index contributed by atoms with van der Waals surface area (Å²) in [6, 6.07) is 18.9. The molecular formula is C27H30FN3O5S. The zero-order valence-electron chi connectivity index (χ0n) is 20.9. The van der Waals surface area contributed by atoms with E-state index >= 15 is 0 Å². The van der Waals surface area contributed by atoms with Gasteiger partial charge in [-0.3, -0.25) is 13.9 Å². The highest BCUT2D eigenvalue weighted by atomic mass is 32.2. The number of sulfonamides is 1. The van der Waals surface area contributed by atoms with Crippen LogP contribution in [0.2, 0.25) is 0 Å². The molecule has 196 valence electrons. The lowest BCUT2D eigenvalue weighted by atomic mass is 10.1. The zero-order valence-corrected chi connectivity index (χ0v) is 21.7. The number of nitrogens with zero attached hydrogens (tertiary/aromatic N) is 2. The topological polar surface area (TPSA) is 96.0 Å². The van der Waals surface area contributed by atoms with Gasteiger partial charge in [0.15, 0.2) is 0 Å². The van der Waals surface area contributed by atoms with Crippen LogP contribution in [0.25, 0.3) is 0 Å². The molecule has 37 heavy (non-hydrogen) atoms. The molecule has 3 rings (SSSR count). The highest BCUT2D eigenvalue weighted by Crippen LogP contribution is 2.32. The summed E-state index contributed by atoms with van der Waals surface area (Å²) in [7, 11) is -2.75. The number of nitrogens with one attached hydrogen (secondary N) is 1. The molecule has 0 fully saturated rings. The molecule has 10 heteroatoms. The number of amides is 2. The van der Waals surface area contributed by atoms with Crippen molar-refractivity contribution < 1.29 is 27.1 Å². The van der Waals surface area contributed by atoms with Gasteiger partial charge in [0.2, 0.25) is 11.8 Å². The minimum atomic E-state index is -4.20. The van der Waals surface area contributed by atoms with E-state index < -0.39 is 40.2 Å². The second kappa shape index (κ2) is 12.4. The normalized spacial score (nSPS) is 11.9. The van der Waals surface area contributed by atoms with E-state index in [1.165, 1.54) is 48.3 Å². The summed E-state index contributed by atoms with van der Waals surface area (Å²) >= 11 is 0. The number of benzene rings is 3. The molecule has 0 spiro atoms. The van der Waals surface area contributed by atoms with Crippen molar-refractivity contribution in [3.05, 3.63) is 90.2 Å². The monoisotopic (exact) mass is 527 g/mol. The largest absolute Gasteiger partial charge is 0.492 e. The molecule has 0 aliphatic carbocycles. The van der Waals surface area contributed by atoms with Gasteiger partial charge in [0.25, 0.3) is 10.0 Å². The molecule has 0 aromatic heterocycles. The van der Waals surface area contributed by atoms with Gasteiger partial charge in [-0.25, -0.2) is 12.8 Å². The molecule has 0 bridgehead atoms. The lowest BCUT2D eigenvalue weighted by Gasteiger charge is -2.32. The van der Waals surface area contributed by atoms with Crippen LogP contribution in [0.3, 0.4) is 0 Å². The average molecular weight is 528 g/mol. The van der Waals surface area contributed by atoms with E-state index in [1.54, 1.807) is 56.3 Å². The van der Waals surface area contributed by atoms with E-state index in [0.717, 1.165) is 4.31 Å². The lowest BCUT2D eigenvalue weighted by molar-refractivity contribution is -0.139. The summed E-state index contributed by atoms with van der Waals surface area (Å²) in [6.45, 7) is 2.98. The van der Waals surface area contributed by atoms with Gasteiger partial charge < -0.3 is 15.0 Å². The number of rotatable bonds is 11. The van der Waals surface area contributed by atoms with Crippen LogP contribution in [0.15, 0.2) is 83.8 Å². The van der Waals surface area contributed by atoms with Crippen LogP contribution in [0.1, 0.15) is 19.4 Å². The fourth-order valence-electron chi connectivity index (χ4n) is 3.75. The molecule has 1 atom stereocenters. The quantitative estimate of drug-likeness (QED) is 0.411. The maximum Gasteiger partial charge on any atom is 0.264 e. The fourth-order valence-corrected chi connectivity index (χ4v) is 5.20. The maximum absolute atomic E-state index is 13.8. The zero-order chi connectivity index (χ0) is 27.0. The Morgan fingerprint density at radius 3 is 2.22 bits per heavy atom. The Balaban J connectivity index is 2.06. The van der Waals surface area contributed by atoms with Crippen LogP contribution in [0, 0.1) is 5.82 Å². The molecule has 1 unspecified atom stereocenters. The third-order valence-corrected chi connectivity index (χ3v) is 7.50. The molecule has 1 N–H and O–H groups in total. The van der Waals surface area contributed by atoms with Crippen LogP contribution < -0.4 is 14.4 Å². The molecule has 8 nitrogen and oxygen atoms in total. The highest BCUT2D eigenvalue weighted by Gasteiger charge is 2.33. The number of halogens is 1. The van der Waals surface area contributed by atoms with Crippen molar-refractivity contribution >= 4 is 27.5 Å². The Kier molecular flexibility index (Phi) is 9.24. The number of anilines is 1. The number of likely N-dealkylation sites (N-methyl/N-ethyl adjacent to an activating group) is 1. The minimum Gasteiger partial charge on any atom is -0.492 e. The molecule has 0 aliphatic heterocycles. The molecule has 0 aliphatic rings. The van der Waals surface area contributed by atoms with Crippen molar-refractivity contribution in [2.75, 3.05) is 24.5 Å². The van der Waals surface area contributed by atoms with Crippen molar-refractivity contribution in [1.29, 1.82) is 0 Å². The van der Waals surface area contributed by atoms with E-state index in [9.17, 15) is 22.4 Å².